The maximum absolute atomic E-state index is 5.38. The van der Waals surface area contributed by atoms with E-state index >= 15 is 0 Å². The molecule has 0 aromatic carbocycles. The quantitative estimate of drug-likeness (QED) is 0.828. The summed E-state index contributed by atoms with van der Waals surface area (Å²) >= 11 is 3.29. The lowest BCUT2D eigenvalue weighted by atomic mass is 10.3. The van der Waals surface area contributed by atoms with Crippen LogP contribution in [0.2, 0.25) is 0 Å². The van der Waals surface area contributed by atoms with E-state index in [1.165, 1.54) is 0 Å². The predicted octanol–water partition coefficient (Wildman–Crippen LogP) is 2.08. The maximum atomic E-state index is 5.38. The van der Waals surface area contributed by atoms with Crippen LogP contribution in [-0.2, 0) is 0 Å². The zero-order valence-electron chi connectivity index (χ0n) is 6.57. The van der Waals surface area contributed by atoms with E-state index in [1.54, 1.807) is 12.3 Å². The normalized spacial score (nSPS) is 10.2. The van der Waals surface area contributed by atoms with Gasteiger partial charge in [-0.2, -0.15) is 0 Å². The lowest BCUT2D eigenvalue weighted by Gasteiger charge is -1.92. The standard InChI is InChI=1S/C8H6BrN3O/c9-5-1-2-6(11-4-5)7-3-8(10)13-12-7/h1-4H,10H2. The van der Waals surface area contributed by atoms with Gasteiger partial charge in [-0.1, -0.05) is 5.16 Å². The van der Waals surface area contributed by atoms with Crippen molar-refractivity contribution >= 4 is 21.8 Å². The second-order valence-corrected chi connectivity index (χ2v) is 3.39. The summed E-state index contributed by atoms with van der Waals surface area (Å²) in [5.41, 5.74) is 6.76. The molecule has 13 heavy (non-hydrogen) atoms. The van der Waals surface area contributed by atoms with Crippen molar-refractivity contribution in [1.82, 2.24) is 10.1 Å². The smallest absolute Gasteiger partial charge is 0.222 e. The summed E-state index contributed by atoms with van der Waals surface area (Å²) in [5.74, 6) is 0.291. The molecule has 0 fully saturated rings. The maximum Gasteiger partial charge on any atom is 0.222 e. The number of nitrogens with zero attached hydrogens (tertiary/aromatic N) is 2. The molecule has 2 N–H and O–H groups in total. The highest BCUT2D eigenvalue weighted by atomic mass is 79.9. The molecule has 0 unspecified atom stereocenters. The van der Waals surface area contributed by atoms with Gasteiger partial charge >= 0.3 is 0 Å². The van der Waals surface area contributed by atoms with E-state index in [4.69, 9.17) is 10.3 Å². The van der Waals surface area contributed by atoms with E-state index in [2.05, 4.69) is 26.1 Å². The first-order chi connectivity index (χ1) is 6.25. The molecule has 4 nitrogen and oxygen atoms in total. The molecular formula is C8H6BrN3O. The number of anilines is 1. The zero-order chi connectivity index (χ0) is 9.26. The van der Waals surface area contributed by atoms with Gasteiger partial charge in [-0.05, 0) is 28.1 Å². The summed E-state index contributed by atoms with van der Waals surface area (Å²) < 4.78 is 5.65. The molecule has 0 saturated carbocycles. The Hall–Kier alpha value is -1.36. The van der Waals surface area contributed by atoms with E-state index in [0.29, 0.717) is 11.6 Å². The molecule has 0 bridgehead atoms. The lowest BCUT2D eigenvalue weighted by molar-refractivity contribution is 0.439. The molecule has 2 aromatic heterocycles. The van der Waals surface area contributed by atoms with Crippen molar-refractivity contribution in [3.05, 3.63) is 28.9 Å². The highest BCUT2D eigenvalue weighted by molar-refractivity contribution is 9.10. The van der Waals surface area contributed by atoms with Crippen LogP contribution in [0.4, 0.5) is 5.88 Å². The molecule has 2 heterocycles. The van der Waals surface area contributed by atoms with Crippen LogP contribution in [0.1, 0.15) is 0 Å². The fourth-order valence-corrected chi connectivity index (χ4v) is 1.17. The van der Waals surface area contributed by atoms with Crippen molar-refractivity contribution in [2.45, 2.75) is 0 Å². The third-order valence-electron chi connectivity index (χ3n) is 1.52. The van der Waals surface area contributed by atoms with Crippen LogP contribution in [0, 0.1) is 0 Å². The first-order valence-corrected chi connectivity index (χ1v) is 4.39. The first kappa shape index (κ1) is 8.25. The van der Waals surface area contributed by atoms with Gasteiger partial charge < -0.3 is 10.3 Å². The summed E-state index contributed by atoms with van der Waals surface area (Å²) in [6, 6.07) is 5.35. The van der Waals surface area contributed by atoms with Crippen LogP contribution in [-0.4, -0.2) is 10.1 Å². The number of halogens is 1. The van der Waals surface area contributed by atoms with Crippen LogP contribution < -0.4 is 5.73 Å². The largest absolute Gasteiger partial charge is 0.368 e. The Labute approximate surface area is 82.9 Å². The second-order valence-electron chi connectivity index (χ2n) is 2.48. The summed E-state index contributed by atoms with van der Waals surface area (Å²) in [7, 11) is 0. The first-order valence-electron chi connectivity index (χ1n) is 3.60. The van der Waals surface area contributed by atoms with Crippen molar-refractivity contribution < 1.29 is 4.52 Å². The molecule has 0 radical (unpaired) electrons. The average Bonchev–Trinajstić information content (AvgIpc) is 2.53. The van der Waals surface area contributed by atoms with Crippen LogP contribution in [0.3, 0.4) is 0 Å². The minimum atomic E-state index is 0.291. The van der Waals surface area contributed by atoms with Gasteiger partial charge in [0.05, 0.1) is 5.69 Å². The van der Waals surface area contributed by atoms with Gasteiger partial charge in [0.2, 0.25) is 5.88 Å². The minimum Gasteiger partial charge on any atom is -0.368 e. The highest BCUT2D eigenvalue weighted by Crippen LogP contribution is 2.19. The highest BCUT2D eigenvalue weighted by Gasteiger charge is 2.04. The zero-order valence-corrected chi connectivity index (χ0v) is 8.15. The summed E-state index contributed by atoms with van der Waals surface area (Å²) in [6.07, 6.45) is 1.69. The molecule has 0 atom stereocenters. The van der Waals surface area contributed by atoms with Gasteiger partial charge in [0.15, 0.2) is 0 Å². The fourth-order valence-electron chi connectivity index (χ4n) is 0.937. The predicted molar refractivity (Wildman–Crippen MR) is 51.8 cm³/mol. The minimum absolute atomic E-state index is 0.291. The van der Waals surface area contributed by atoms with Crippen molar-refractivity contribution in [3.8, 4) is 11.4 Å². The molecule has 0 aliphatic heterocycles. The molecule has 0 saturated heterocycles. The molecule has 2 aromatic rings. The molecule has 5 heteroatoms. The van der Waals surface area contributed by atoms with Gasteiger partial charge in [0.1, 0.15) is 5.69 Å². The fraction of sp³-hybridized carbons (Fsp3) is 0. The Kier molecular flexibility index (Phi) is 2.02. The van der Waals surface area contributed by atoms with Crippen molar-refractivity contribution in [3.63, 3.8) is 0 Å². The Balaban J connectivity index is 2.41. The number of nitrogens with two attached hydrogens (primary N) is 1. The Morgan fingerprint density at radius 3 is 2.69 bits per heavy atom. The average molecular weight is 240 g/mol. The van der Waals surface area contributed by atoms with Crippen LogP contribution in [0.25, 0.3) is 11.4 Å². The molecule has 0 spiro atoms. The molecule has 2 rings (SSSR count). The summed E-state index contributed by atoms with van der Waals surface area (Å²) in [6.45, 7) is 0. The van der Waals surface area contributed by atoms with Crippen molar-refractivity contribution in [2.75, 3.05) is 5.73 Å². The third kappa shape index (κ3) is 1.70. The van der Waals surface area contributed by atoms with E-state index in [0.717, 1.165) is 10.2 Å². The van der Waals surface area contributed by atoms with Gasteiger partial charge in [-0.15, -0.1) is 0 Å². The SMILES string of the molecule is Nc1cc(-c2ccc(Br)cn2)no1. The van der Waals surface area contributed by atoms with Crippen LogP contribution >= 0.6 is 15.9 Å². The topological polar surface area (TPSA) is 64.9 Å². The van der Waals surface area contributed by atoms with E-state index < -0.39 is 0 Å². The van der Waals surface area contributed by atoms with Crippen LogP contribution in [0.5, 0.6) is 0 Å². The molecule has 0 amide bonds. The van der Waals surface area contributed by atoms with E-state index in [1.807, 2.05) is 12.1 Å². The molecule has 0 aliphatic rings. The third-order valence-corrected chi connectivity index (χ3v) is 1.99. The van der Waals surface area contributed by atoms with Crippen molar-refractivity contribution in [2.24, 2.45) is 0 Å². The number of aromatic nitrogens is 2. The number of pyridine rings is 1. The summed E-state index contributed by atoms with van der Waals surface area (Å²) in [4.78, 5) is 4.14. The number of hydrogen-bond donors (Lipinski definition) is 1. The molecule has 0 aliphatic carbocycles. The van der Waals surface area contributed by atoms with Crippen LogP contribution in [0.15, 0.2) is 33.4 Å². The van der Waals surface area contributed by atoms with Gasteiger partial charge in [-0.25, -0.2) is 0 Å². The number of nitrogen functional groups attached to an aromatic ring is 1. The summed E-state index contributed by atoms with van der Waals surface area (Å²) in [5, 5.41) is 3.74. The lowest BCUT2D eigenvalue weighted by Crippen LogP contribution is -1.81. The van der Waals surface area contributed by atoms with Gasteiger partial charge in [0, 0.05) is 16.7 Å². The van der Waals surface area contributed by atoms with Gasteiger partial charge in [0.25, 0.3) is 0 Å². The Bertz CT molecular complexity index is 410. The molecular weight excluding hydrogens is 234 g/mol. The van der Waals surface area contributed by atoms with Gasteiger partial charge in [-0.3, -0.25) is 4.98 Å². The van der Waals surface area contributed by atoms with Crippen molar-refractivity contribution in [1.29, 1.82) is 0 Å². The number of hydrogen-bond acceptors (Lipinski definition) is 4. The Morgan fingerprint density at radius 1 is 1.31 bits per heavy atom. The number of rotatable bonds is 1. The molecule has 66 valence electrons. The van der Waals surface area contributed by atoms with E-state index in [9.17, 15) is 0 Å². The van der Waals surface area contributed by atoms with E-state index in [-0.39, 0.29) is 0 Å². The Morgan fingerprint density at radius 2 is 2.15 bits per heavy atom. The second kappa shape index (κ2) is 3.18. The monoisotopic (exact) mass is 239 g/mol.